The first-order valence-corrected chi connectivity index (χ1v) is 11.4. The van der Waals surface area contributed by atoms with Gasteiger partial charge in [0.05, 0.1) is 29.8 Å². The van der Waals surface area contributed by atoms with E-state index in [1.54, 1.807) is 68.8 Å². The molecular weight excluding hydrogens is 468 g/mol. The molecule has 0 saturated carbocycles. The smallest absolute Gasteiger partial charge is 0.264 e. The van der Waals surface area contributed by atoms with Gasteiger partial charge in [-0.1, -0.05) is 35.6 Å². The first-order valence-electron chi connectivity index (χ1n) is 10.6. The molecule has 0 fully saturated rings. The second kappa shape index (κ2) is 9.47. The Labute approximate surface area is 203 Å². The van der Waals surface area contributed by atoms with E-state index in [4.69, 9.17) is 18.6 Å². The van der Waals surface area contributed by atoms with Gasteiger partial charge < -0.3 is 18.6 Å². The van der Waals surface area contributed by atoms with Crippen LogP contribution in [-0.2, 0) is 4.79 Å². The molecule has 3 aromatic carbocycles. The zero-order valence-corrected chi connectivity index (χ0v) is 19.7. The quantitative estimate of drug-likeness (QED) is 0.340. The van der Waals surface area contributed by atoms with Crippen molar-refractivity contribution in [1.29, 1.82) is 0 Å². The molecule has 1 amide bonds. The van der Waals surface area contributed by atoms with Crippen molar-refractivity contribution < 1.29 is 23.4 Å². The maximum atomic E-state index is 13.3. The van der Waals surface area contributed by atoms with Gasteiger partial charge in [0.2, 0.25) is 11.2 Å². The number of ether oxygens (including phenoxy) is 3. The van der Waals surface area contributed by atoms with Gasteiger partial charge in [0.1, 0.15) is 17.1 Å². The maximum Gasteiger partial charge on any atom is 0.264 e. The number of anilines is 1. The minimum atomic E-state index is -0.458. The molecule has 176 valence electrons. The number of carbonyl (C=O) groups excluding carboxylic acids is 1. The third-order valence-electron chi connectivity index (χ3n) is 5.28. The Kier molecular flexibility index (Phi) is 6.07. The predicted octanol–water partition coefficient (Wildman–Crippen LogP) is 5.10. The Morgan fingerprint density at radius 2 is 1.80 bits per heavy atom. The lowest BCUT2D eigenvalue weighted by molar-refractivity contribution is -0.118. The molecule has 0 radical (unpaired) electrons. The summed E-state index contributed by atoms with van der Waals surface area (Å²) >= 11 is 1.31. The lowest BCUT2D eigenvalue weighted by atomic mass is 10.1. The molecule has 5 rings (SSSR count). The van der Waals surface area contributed by atoms with E-state index in [-0.39, 0.29) is 16.9 Å². The van der Waals surface area contributed by atoms with Gasteiger partial charge in [-0.15, -0.1) is 0 Å². The number of thiazole rings is 1. The molecule has 9 heteroatoms. The highest BCUT2D eigenvalue weighted by atomic mass is 32.1. The number of benzene rings is 3. The van der Waals surface area contributed by atoms with Gasteiger partial charge in [0.15, 0.2) is 17.5 Å². The Balaban J connectivity index is 1.43. The average Bonchev–Trinajstić information content (AvgIpc) is 3.29. The van der Waals surface area contributed by atoms with E-state index in [1.807, 2.05) is 12.1 Å². The van der Waals surface area contributed by atoms with Crippen LogP contribution in [0.2, 0.25) is 0 Å². The van der Waals surface area contributed by atoms with Gasteiger partial charge in [0.25, 0.3) is 5.91 Å². The zero-order chi connectivity index (χ0) is 24.4. The summed E-state index contributed by atoms with van der Waals surface area (Å²) in [4.78, 5) is 30.3. The number of rotatable bonds is 7. The molecule has 0 atom stereocenters. The first kappa shape index (κ1) is 22.4. The second-order valence-corrected chi connectivity index (χ2v) is 8.54. The van der Waals surface area contributed by atoms with Crippen LogP contribution in [0.1, 0.15) is 0 Å². The van der Waals surface area contributed by atoms with E-state index in [1.165, 1.54) is 11.3 Å². The van der Waals surface area contributed by atoms with Gasteiger partial charge in [0, 0.05) is 5.56 Å². The van der Waals surface area contributed by atoms with E-state index in [0.717, 1.165) is 10.2 Å². The molecule has 2 aromatic heterocycles. The number of methoxy groups -OCH3 is 2. The predicted molar refractivity (Wildman–Crippen MR) is 135 cm³/mol. The fourth-order valence-electron chi connectivity index (χ4n) is 3.59. The highest BCUT2D eigenvalue weighted by Crippen LogP contribution is 2.33. The van der Waals surface area contributed by atoms with Gasteiger partial charge in [-0.05, 0) is 42.5 Å². The molecule has 35 heavy (non-hydrogen) atoms. The summed E-state index contributed by atoms with van der Waals surface area (Å²) in [6.07, 6.45) is 0. The zero-order valence-electron chi connectivity index (χ0n) is 18.9. The number of amides is 1. The van der Waals surface area contributed by atoms with Crippen molar-refractivity contribution >= 4 is 43.6 Å². The highest BCUT2D eigenvalue weighted by Gasteiger charge is 2.19. The Morgan fingerprint density at radius 1 is 1.00 bits per heavy atom. The number of carbonyl (C=O) groups is 1. The number of hydrogen-bond donors (Lipinski definition) is 1. The van der Waals surface area contributed by atoms with E-state index < -0.39 is 12.5 Å². The summed E-state index contributed by atoms with van der Waals surface area (Å²) in [6, 6.07) is 19.4. The summed E-state index contributed by atoms with van der Waals surface area (Å²) in [7, 11) is 3.14. The highest BCUT2D eigenvalue weighted by molar-refractivity contribution is 7.22. The summed E-state index contributed by atoms with van der Waals surface area (Å²) < 4.78 is 23.2. The van der Waals surface area contributed by atoms with Gasteiger partial charge in [-0.3, -0.25) is 14.9 Å². The van der Waals surface area contributed by atoms with E-state index in [9.17, 15) is 9.59 Å². The molecular formula is C26H20N2O6S. The molecule has 0 spiro atoms. The molecule has 8 nitrogen and oxygen atoms in total. The SMILES string of the molecule is COc1cccc(-c2oc3ccccc3c(=O)c2OCC(=O)Nc2nc3ccc(OC)cc3s2)c1. The minimum Gasteiger partial charge on any atom is -0.497 e. The molecule has 0 aliphatic rings. The second-order valence-electron chi connectivity index (χ2n) is 7.51. The van der Waals surface area contributed by atoms with Crippen LogP contribution in [0.15, 0.2) is 75.9 Å². The average molecular weight is 489 g/mol. The summed E-state index contributed by atoms with van der Waals surface area (Å²) in [5.41, 5.74) is 1.37. The van der Waals surface area contributed by atoms with Crippen molar-refractivity contribution in [3.63, 3.8) is 0 Å². The number of hydrogen-bond acceptors (Lipinski definition) is 8. The van der Waals surface area contributed by atoms with E-state index in [0.29, 0.717) is 33.2 Å². The van der Waals surface area contributed by atoms with E-state index in [2.05, 4.69) is 10.3 Å². The maximum absolute atomic E-state index is 13.3. The lowest BCUT2D eigenvalue weighted by Gasteiger charge is -2.12. The van der Waals surface area contributed by atoms with Crippen LogP contribution in [0.5, 0.6) is 17.2 Å². The van der Waals surface area contributed by atoms with Gasteiger partial charge in [-0.25, -0.2) is 4.98 Å². The molecule has 0 saturated heterocycles. The number of nitrogens with zero attached hydrogens (tertiary/aromatic N) is 1. The normalized spacial score (nSPS) is 10.9. The Morgan fingerprint density at radius 3 is 2.63 bits per heavy atom. The van der Waals surface area contributed by atoms with Crippen LogP contribution in [0, 0.1) is 0 Å². The molecule has 5 aromatic rings. The third kappa shape index (κ3) is 4.53. The standard InChI is InChI=1S/C26H20N2O6S/c1-31-16-7-5-6-15(12-16)24-25(23(30)18-8-3-4-9-20(18)34-24)33-14-22(29)28-26-27-19-11-10-17(32-2)13-21(19)35-26/h3-13H,14H2,1-2H3,(H,27,28,29). The van der Waals surface area contributed by atoms with Crippen LogP contribution >= 0.6 is 11.3 Å². The number of para-hydroxylation sites is 1. The van der Waals surface area contributed by atoms with Crippen molar-refractivity contribution in [2.45, 2.75) is 0 Å². The minimum absolute atomic E-state index is 0.0545. The van der Waals surface area contributed by atoms with Crippen LogP contribution in [0.3, 0.4) is 0 Å². The monoisotopic (exact) mass is 488 g/mol. The van der Waals surface area contributed by atoms with Crippen molar-refractivity contribution in [3.8, 4) is 28.6 Å². The first-order chi connectivity index (χ1) is 17.1. The van der Waals surface area contributed by atoms with Crippen molar-refractivity contribution in [3.05, 3.63) is 77.0 Å². The van der Waals surface area contributed by atoms with Crippen LogP contribution in [0.25, 0.3) is 32.5 Å². The molecule has 0 aliphatic heterocycles. The Hall–Kier alpha value is -4.37. The Bertz CT molecular complexity index is 1610. The third-order valence-corrected chi connectivity index (χ3v) is 6.21. The molecule has 1 N–H and O–H groups in total. The molecule has 0 bridgehead atoms. The largest absolute Gasteiger partial charge is 0.497 e. The fourth-order valence-corrected chi connectivity index (χ4v) is 4.50. The van der Waals surface area contributed by atoms with Gasteiger partial charge >= 0.3 is 0 Å². The van der Waals surface area contributed by atoms with Gasteiger partial charge in [-0.2, -0.15) is 0 Å². The van der Waals surface area contributed by atoms with Crippen LogP contribution in [0.4, 0.5) is 5.13 Å². The topological polar surface area (TPSA) is 99.9 Å². The fraction of sp³-hybridized carbons (Fsp3) is 0.115. The molecule has 0 unspecified atom stereocenters. The van der Waals surface area contributed by atoms with Crippen LogP contribution < -0.4 is 25.0 Å². The summed E-state index contributed by atoms with van der Waals surface area (Å²) in [6.45, 7) is -0.403. The van der Waals surface area contributed by atoms with E-state index >= 15 is 0 Å². The van der Waals surface area contributed by atoms with Crippen molar-refractivity contribution in [1.82, 2.24) is 4.98 Å². The number of nitrogens with one attached hydrogen (secondary N) is 1. The number of fused-ring (bicyclic) bond motifs is 2. The molecule has 2 heterocycles. The number of aromatic nitrogens is 1. The molecule has 0 aliphatic carbocycles. The van der Waals surface area contributed by atoms with Crippen LogP contribution in [-0.4, -0.2) is 31.7 Å². The summed E-state index contributed by atoms with van der Waals surface area (Å²) in [5, 5.41) is 3.50. The van der Waals surface area contributed by atoms with Crippen molar-refractivity contribution in [2.24, 2.45) is 0 Å². The van der Waals surface area contributed by atoms with Crippen molar-refractivity contribution in [2.75, 3.05) is 26.1 Å². The summed E-state index contributed by atoms with van der Waals surface area (Å²) in [5.74, 6) is 0.999. The lowest BCUT2D eigenvalue weighted by Crippen LogP contribution is -2.22.